The highest BCUT2D eigenvalue weighted by Crippen LogP contribution is 2.34. The molecular weight excluding hydrogens is 146 g/mol. The Kier molecular flexibility index (Phi) is 1.14. The summed E-state index contributed by atoms with van der Waals surface area (Å²) in [5.74, 6) is 0.187. The summed E-state index contributed by atoms with van der Waals surface area (Å²) < 4.78 is 30.9. The molecule has 0 bridgehead atoms. The largest absolute Gasteiger partial charge is 0.399 e. The lowest BCUT2D eigenvalue weighted by Crippen LogP contribution is -1.93. The molecule has 1 aliphatic rings. The molecule has 1 fully saturated rings. The Hall–Kier alpha value is -0.980. The van der Waals surface area contributed by atoms with Crippen molar-refractivity contribution in [1.82, 2.24) is 0 Å². The van der Waals surface area contributed by atoms with E-state index in [1.54, 1.807) is 0 Å². The van der Waals surface area contributed by atoms with Crippen LogP contribution >= 0.6 is 0 Å². The Morgan fingerprint density at radius 3 is 2.83 bits per heavy atom. The van der Waals surface area contributed by atoms with Gasteiger partial charge in [0.2, 0.25) is 0 Å². The van der Waals surface area contributed by atoms with E-state index in [2.05, 4.69) is 0 Å². The Morgan fingerprint density at radius 2 is 2.08 bits per heavy atom. The van der Waals surface area contributed by atoms with Crippen LogP contribution in [0.25, 0.3) is 0 Å². The van der Waals surface area contributed by atoms with Crippen LogP contribution < -0.4 is 5.73 Å². The second-order valence-electron chi connectivity index (χ2n) is 3.31. The quantitative estimate of drug-likeness (QED) is 0.636. The molecule has 0 unspecified atom stereocenters. The monoisotopic (exact) mass is 165 g/mol. The fourth-order valence-corrected chi connectivity index (χ4v) is 1.79. The minimum Gasteiger partial charge on any atom is -0.399 e. The van der Waals surface area contributed by atoms with Crippen LogP contribution in [0.3, 0.4) is 0 Å². The number of benzene rings is 1. The number of hydrogen-bond donors (Lipinski definition) is 1. The first-order chi connectivity index (χ1) is 7.54. The summed E-state index contributed by atoms with van der Waals surface area (Å²) >= 11 is 0. The van der Waals surface area contributed by atoms with E-state index in [1.165, 1.54) is 0 Å². The zero-order valence-corrected chi connectivity index (χ0v) is 6.98. The summed E-state index contributed by atoms with van der Waals surface area (Å²) in [6, 6.07) is -0.207. The molecule has 1 aromatic rings. The van der Waals surface area contributed by atoms with E-state index in [1.807, 2.05) is 0 Å². The summed E-state index contributed by atoms with van der Waals surface area (Å²) in [5.41, 5.74) is 6.27. The van der Waals surface area contributed by atoms with Crippen molar-refractivity contribution in [3.63, 3.8) is 0 Å². The van der Waals surface area contributed by atoms with Gasteiger partial charge >= 0.3 is 0 Å². The number of rotatable bonds is 1. The molecule has 1 aromatic carbocycles. The lowest BCUT2D eigenvalue weighted by molar-refractivity contribution is 0.724. The van der Waals surface area contributed by atoms with Crippen LogP contribution in [0.4, 0.5) is 5.69 Å². The highest BCUT2D eigenvalue weighted by atomic mass is 14.5. The van der Waals surface area contributed by atoms with Crippen LogP contribution in [0.15, 0.2) is 24.2 Å². The first kappa shape index (κ1) is 4.31. The number of nitrogen functional groups attached to an aromatic ring is 1. The number of anilines is 1. The summed E-state index contributed by atoms with van der Waals surface area (Å²) in [5, 5.41) is 0. The minimum atomic E-state index is -0.184. The first-order valence-electron chi connectivity index (χ1n) is 6.39. The average Bonchev–Trinajstić information content (AvgIpc) is 2.77. The van der Waals surface area contributed by atoms with Crippen molar-refractivity contribution in [1.29, 1.82) is 0 Å². The SMILES string of the molecule is [2H]c1c([2H])c(N)c([2H])c(C2CCCC2)c1[2H]. The van der Waals surface area contributed by atoms with Gasteiger partial charge in [-0.15, -0.1) is 0 Å². The molecule has 0 amide bonds. The molecule has 2 rings (SSSR count). The van der Waals surface area contributed by atoms with Crippen molar-refractivity contribution in [2.24, 2.45) is 0 Å². The van der Waals surface area contributed by atoms with Gasteiger partial charge in [0, 0.05) is 5.69 Å². The third kappa shape index (κ3) is 1.45. The first-order valence-corrected chi connectivity index (χ1v) is 4.39. The second kappa shape index (κ2) is 3.18. The molecule has 0 heterocycles. The van der Waals surface area contributed by atoms with Gasteiger partial charge in [0.05, 0.1) is 5.48 Å². The molecular formula is C11H15N. The molecule has 2 N–H and O–H groups in total. The maximum absolute atomic E-state index is 7.89. The van der Waals surface area contributed by atoms with Crippen LogP contribution in [0, 0.1) is 0 Å². The topological polar surface area (TPSA) is 26.0 Å². The zero-order chi connectivity index (χ0) is 11.9. The molecule has 0 aromatic heterocycles. The van der Waals surface area contributed by atoms with Gasteiger partial charge in [0.15, 0.2) is 0 Å². The van der Waals surface area contributed by atoms with E-state index < -0.39 is 0 Å². The van der Waals surface area contributed by atoms with Crippen molar-refractivity contribution < 1.29 is 5.48 Å². The molecule has 0 spiro atoms. The third-order valence-electron chi connectivity index (χ3n) is 2.43. The summed E-state index contributed by atoms with van der Waals surface area (Å²) in [6.45, 7) is 0. The Labute approximate surface area is 79.2 Å². The molecule has 0 radical (unpaired) electrons. The zero-order valence-electron chi connectivity index (χ0n) is 11.0. The van der Waals surface area contributed by atoms with Gasteiger partial charge in [-0.25, -0.2) is 0 Å². The van der Waals surface area contributed by atoms with Gasteiger partial charge in [-0.1, -0.05) is 24.9 Å². The fraction of sp³-hybridized carbons (Fsp3) is 0.455. The molecule has 0 saturated heterocycles. The molecule has 1 heteroatoms. The highest BCUT2D eigenvalue weighted by Gasteiger charge is 2.16. The van der Waals surface area contributed by atoms with E-state index in [4.69, 9.17) is 11.2 Å². The average molecular weight is 165 g/mol. The summed E-state index contributed by atoms with van der Waals surface area (Å²) in [7, 11) is 0. The van der Waals surface area contributed by atoms with E-state index in [0.717, 1.165) is 25.7 Å². The van der Waals surface area contributed by atoms with Gasteiger partial charge in [-0.2, -0.15) is 0 Å². The second-order valence-corrected chi connectivity index (χ2v) is 3.31. The minimum absolute atomic E-state index is 0.0242. The van der Waals surface area contributed by atoms with E-state index in [0.29, 0.717) is 5.56 Å². The van der Waals surface area contributed by atoms with E-state index >= 15 is 0 Å². The predicted octanol–water partition coefficient (Wildman–Crippen LogP) is 2.93. The Bertz CT molecular complexity index is 395. The van der Waals surface area contributed by atoms with Crippen LogP contribution in [0.5, 0.6) is 0 Å². The molecule has 1 nitrogen and oxygen atoms in total. The fourth-order valence-electron chi connectivity index (χ4n) is 1.79. The molecule has 12 heavy (non-hydrogen) atoms. The van der Waals surface area contributed by atoms with Crippen molar-refractivity contribution in [3.8, 4) is 0 Å². The maximum atomic E-state index is 7.89. The van der Waals surface area contributed by atoms with Gasteiger partial charge in [-0.05, 0) is 36.4 Å². The Balaban J connectivity index is 2.59. The number of nitrogens with two attached hydrogens (primary N) is 1. The van der Waals surface area contributed by atoms with Gasteiger partial charge in [-0.3, -0.25) is 0 Å². The molecule has 64 valence electrons. The summed E-state index contributed by atoms with van der Waals surface area (Å²) in [6.07, 6.45) is 4.15. The predicted molar refractivity (Wildman–Crippen MR) is 52.1 cm³/mol. The van der Waals surface area contributed by atoms with Crippen molar-refractivity contribution in [2.75, 3.05) is 5.73 Å². The van der Waals surface area contributed by atoms with Gasteiger partial charge in [0.25, 0.3) is 0 Å². The normalized spacial score (nSPS) is 23.0. The number of hydrogen-bond acceptors (Lipinski definition) is 1. The highest BCUT2D eigenvalue weighted by molar-refractivity contribution is 5.41. The van der Waals surface area contributed by atoms with Crippen LogP contribution in [0.2, 0.25) is 0 Å². The van der Waals surface area contributed by atoms with Crippen molar-refractivity contribution in [3.05, 3.63) is 29.7 Å². The molecule has 1 saturated carbocycles. The van der Waals surface area contributed by atoms with E-state index in [-0.39, 0.29) is 35.8 Å². The molecule has 1 aliphatic carbocycles. The Morgan fingerprint density at radius 1 is 1.33 bits per heavy atom. The van der Waals surface area contributed by atoms with Crippen LogP contribution in [0.1, 0.15) is 42.6 Å². The van der Waals surface area contributed by atoms with Gasteiger partial charge in [0.1, 0.15) is 0 Å². The molecule has 0 atom stereocenters. The molecule has 0 aliphatic heterocycles. The van der Waals surface area contributed by atoms with Gasteiger partial charge < -0.3 is 5.73 Å². The van der Waals surface area contributed by atoms with E-state index in [9.17, 15) is 0 Å². The third-order valence-corrected chi connectivity index (χ3v) is 2.43. The summed E-state index contributed by atoms with van der Waals surface area (Å²) in [4.78, 5) is 0. The maximum Gasteiger partial charge on any atom is 0.0648 e. The smallest absolute Gasteiger partial charge is 0.0648 e. The van der Waals surface area contributed by atoms with Crippen molar-refractivity contribution >= 4 is 5.69 Å². The van der Waals surface area contributed by atoms with Crippen LogP contribution in [-0.2, 0) is 0 Å². The van der Waals surface area contributed by atoms with Crippen molar-refractivity contribution in [2.45, 2.75) is 31.6 Å². The van der Waals surface area contributed by atoms with Crippen LogP contribution in [-0.4, -0.2) is 0 Å². The standard InChI is InChI=1S/C11H15N/c12-11-7-3-6-10(8-11)9-4-1-2-5-9/h3,6-9H,1-2,4-5,12H2/i3D,6D,7D,8D. The lowest BCUT2D eigenvalue weighted by atomic mass is 9.97. The lowest BCUT2D eigenvalue weighted by Gasteiger charge is -2.09.